The third-order valence-corrected chi connectivity index (χ3v) is 1.75. The maximum atomic E-state index is 9.25. The molecule has 0 aromatic heterocycles. The molecule has 0 spiro atoms. The lowest BCUT2D eigenvalue weighted by atomic mass is 9.91. The van der Waals surface area contributed by atoms with Crippen LogP contribution >= 0.6 is 0 Å². The first-order chi connectivity index (χ1) is 7.67. The highest BCUT2D eigenvalue weighted by Crippen LogP contribution is 2.27. The van der Waals surface area contributed by atoms with E-state index in [1.54, 1.807) is 24.3 Å². The maximum Gasteiger partial charge on any atom is 0.551 e. The second-order valence-electron chi connectivity index (χ2n) is 2.93. The summed E-state index contributed by atoms with van der Waals surface area (Å²) in [6, 6.07) is 6.66. The summed E-state index contributed by atoms with van der Waals surface area (Å²) in [7, 11) is -2.24. The Bertz CT molecular complexity index is 335. The van der Waals surface area contributed by atoms with Crippen LogP contribution in [0.25, 0.3) is 0 Å². The van der Waals surface area contributed by atoms with E-state index in [2.05, 4.69) is 13.2 Å². The molecule has 0 bridgehead atoms. The summed E-state index contributed by atoms with van der Waals surface area (Å²) in [5, 5.41) is 18.5. The van der Waals surface area contributed by atoms with Crippen LogP contribution in [0.3, 0.4) is 0 Å². The van der Waals surface area contributed by atoms with Gasteiger partial charge in [0.15, 0.2) is 0 Å². The molecule has 0 aliphatic rings. The molecule has 0 amide bonds. The zero-order valence-electron chi connectivity index (χ0n) is 8.74. The van der Waals surface area contributed by atoms with Crippen LogP contribution in [0.4, 0.5) is 0 Å². The molecule has 2 N–H and O–H groups in total. The normalized spacial score (nSPS) is 9.12. The molecule has 16 heavy (non-hydrogen) atoms. The van der Waals surface area contributed by atoms with Crippen LogP contribution in [-0.4, -0.2) is 24.3 Å². The molecule has 0 aliphatic carbocycles. The van der Waals surface area contributed by atoms with Crippen molar-refractivity contribution in [3.8, 4) is 11.5 Å². The minimum absolute atomic E-state index is 0.316. The fourth-order valence-electron chi connectivity index (χ4n) is 1.00. The Morgan fingerprint density at radius 3 is 1.62 bits per heavy atom. The van der Waals surface area contributed by atoms with Crippen molar-refractivity contribution in [2.45, 2.75) is 0 Å². The molecule has 1 aromatic rings. The summed E-state index contributed by atoms with van der Waals surface area (Å²) in [5.41, 5.74) is 0. The van der Waals surface area contributed by atoms with Crippen LogP contribution in [0.5, 0.6) is 11.5 Å². The minimum Gasteiger partial charge on any atom is -0.530 e. The highest BCUT2D eigenvalue weighted by molar-refractivity contribution is 6.50. The lowest BCUT2D eigenvalue weighted by molar-refractivity contribution is 0.394. The Balaban J connectivity index is 2.82. The van der Waals surface area contributed by atoms with E-state index in [0.29, 0.717) is 11.5 Å². The molecular formula is C10H12B2O4. The highest BCUT2D eigenvalue weighted by atomic mass is 16.6. The van der Waals surface area contributed by atoms with Crippen molar-refractivity contribution in [1.82, 2.24) is 0 Å². The first-order valence-electron chi connectivity index (χ1n) is 4.71. The molecule has 0 aliphatic heterocycles. The first kappa shape index (κ1) is 12.4. The summed E-state index contributed by atoms with van der Waals surface area (Å²) in [5.74, 6) is 3.10. The van der Waals surface area contributed by atoms with Crippen molar-refractivity contribution in [2.24, 2.45) is 0 Å². The van der Waals surface area contributed by atoms with Crippen molar-refractivity contribution >= 4 is 14.2 Å². The summed E-state index contributed by atoms with van der Waals surface area (Å²) in [6.07, 6.45) is 0. The van der Waals surface area contributed by atoms with Crippen LogP contribution in [0, 0.1) is 0 Å². The molecule has 82 valence electrons. The van der Waals surface area contributed by atoms with Gasteiger partial charge in [-0.05, 0) is 24.1 Å². The van der Waals surface area contributed by atoms with E-state index in [1.807, 2.05) is 0 Å². The van der Waals surface area contributed by atoms with Crippen LogP contribution in [0.15, 0.2) is 49.4 Å². The Hall–Kier alpha value is -1.65. The Kier molecular flexibility index (Phi) is 4.69. The number of benzene rings is 1. The van der Waals surface area contributed by atoms with Gasteiger partial charge >= 0.3 is 14.2 Å². The van der Waals surface area contributed by atoms with Crippen molar-refractivity contribution in [2.75, 3.05) is 0 Å². The quantitative estimate of drug-likeness (QED) is 0.694. The van der Waals surface area contributed by atoms with Crippen molar-refractivity contribution in [3.05, 3.63) is 49.4 Å². The molecule has 1 rings (SSSR count). The average Bonchev–Trinajstić information content (AvgIpc) is 2.31. The van der Waals surface area contributed by atoms with Gasteiger partial charge < -0.3 is 19.4 Å². The van der Waals surface area contributed by atoms with Gasteiger partial charge in [-0.2, -0.15) is 0 Å². The van der Waals surface area contributed by atoms with Gasteiger partial charge in [0.2, 0.25) is 0 Å². The lowest BCUT2D eigenvalue weighted by Gasteiger charge is -2.13. The third-order valence-electron chi connectivity index (χ3n) is 1.75. The largest absolute Gasteiger partial charge is 0.551 e. The Morgan fingerprint density at radius 1 is 0.938 bits per heavy atom. The van der Waals surface area contributed by atoms with E-state index in [4.69, 9.17) is 9.31 Å². The summed E-state index contributed by atoms with van der Waals surface area (Å²) in [4.78, 5) is 0. The lowest BCUT2D eigenvalue weighted by Crippen LogP contribution is -2.22. The molecule has 0 atom stereocenters. The first-order valence-corrected chi connectivity index (χ1v) is 4.71. The average molecular weight is 218 g/mol. The molecule has 0 fully saturated rings. The van der Waals surface area contributed by atoms with E-state index in [0.717, 1.165) is 0 Å². The molecule has 6 heteroatoms. The van der Waals surface area contributed by atoms with Gasteiger partial charge in [0.25, 0.3) is 0 Å². The zero-order chi connectivity index (χ0) is 12.0. The molecule has 1 aromatic carbocycles. The molecule has 4 nitrogen and oxygen atoms in total. The second-order valence-corrected chi connectivity index (χ2v) is 2.93. The van der Waals surface area contributed by atoms with Gasteiger partial charge in [-0.25, -0.2) is 0 Å². The fourth-order valence-corrected chi connectivity index (χ4v) is 1.00. The van der Waals surface area contributed by atoms with Crippen molar-refractivity contribution in [1.29, 1.82) is 0 Å². The van der Waals surface area contributed by atoms with Gasteiger partial charge in [0.1, 0.15) is 11.5 Å². The van der Waals surface area contributed by atoms with Gasteiger partial charge in [0, 0.05) is 0 Å². The molecular weight excluding hydrogens is 206 g/mol. The van der Waals surface area contributed by atoms with E-state index in [1.165, 1.54) is 12.0 Å². The van der Waals surface area contributed by atoms with Gasteiger partial charge in [-0.1, -0.05) is 12.1 Å². The molecule has 0 heterocycles. The third kappa shape index (κ3) is 3.49. The Labute approximate surface area is 95.1 Å². The van der Waals surface area contributed by atoms with Gasteiger partial charge in [-0.3, -0.25) is 0 Å². The number of para-hydroxylation sites is 2. The van der Waals surface area contributed by atoms with E-state index >= 15 is 0 Å². The maximum absolute atomic E-state index is 9.25. The monoisotopic (exact) mass is 218 g/mol. The van der Waals surface area contributed by atoms with E-state index < -0.39 is 14.2 Å². The summed E-state index contributed by atoms with van der Waals surface area (Å²) >= 11 is 0. The number of rotatable bonds is 6. The minimum atomic E-state index is -1.12. The SMILES string of the molecule is C=CB(O)Oc1ccccc1OB(O)C=C. The van der Waals surface area contributed by atoms with Crippen LogP contribution in [0.2, 0.25) is 0 Å². The smallest absolute Gasteiger partial charge is 0.530 e. The van der Waals surface area contributed by atoms with Crippen molar-refractivity contribution < 1.29 is 19.4 Å². The zero-order valence-corrected chi connectivity index (χ0v) is 8.74. The van der Waals surface area contributed by atoms with Gasteiger partial charge in [-0.15, -0.1) is 13.2 Å². The highest BCUT2D eigenvalue weighted by Gasteiger charge is 2.16. The molecule has 0 unspecified atom stereocenters. The predicted molar refractivity (Wildman–Crippen MR) is 64.0 cm³/mol. The Morgan fingerprint density at radius 2 is 1.31 bits per heavy atom. The predicted octanol–water partition coefficient (Wildman–Crippen LogP) is 0.856. The standard InChI is InChI=1S/C10H12B2O4/c1-3-11(13)15-9-7-5-6-8-10(9)16-12(14)4-2/h3-8,13-14H,1-2H2. The molecule has 0 radical (unpaired) electrons. The number of hydrogen-bond acceptors (Lipinski definition) is 4. The topological polar surface area (TPSA) is 58.9 Å². The van der Waals surface area contributed by atoms with E-state index in [9.17, 15) is 10.0 Å². The second kappa shape index (κ2) is 6.05. The summed E-state index contributed by atoms with van der Waals surface area (Å²) in [6.45, 7) is 6.76. The van der Waals surface area contributed by atoms with Crippen LogP contribution < -0.4 is 9.31 Å². The molecule has 0 saturated heterocycles. The van der Waals surface area contributed by atoms with Gasteiger partial charge in [0.05, 0.1) is 0 Å². The van der Waals surface area contributed by atoms with Crippen LogP contribution in [-0.2, 0) is 0 Å². The number of hydrogen-bond donors (Lipinski definition) is 2. The van der Waals surface area contributed by atoms with Crippen LogP contribution in [0.1, 0.15) is 0 Å². The molecule has 0 saturated carbocycles. The summed E-state index contributed by atoms with van der Waals surface area (Å²) < 4.78 is 10.2. The fraction of sp³-hybridized carbons (Fsp3) is 0. The van der Waals surface area contributed by atoms with Crippen molar-refractivity contribution in [3.63, 3.8) is 0 Å². The van der Waals surface area contributed by atoms with E-state index in [-0.39, 0.29) is 0 Å².